The molecule has 0 aliphatic rings. The molecule has 0 unspecified atom stereocenters. The molecule has 9 heavy (non-hydrogen) atoms. The summed E-state index contributed by atoms with van der Waals surface area (Å²) in [6.45, 7) is 3.02. The molecular formula is C5H8F3N. The second-order valence-corrected chi connectivity index (χ2v) is 1.54. The summed E-state index contributed by atoms with van der Waals surface area (Å²) in [5.41, 5.74) is 0. The van der Waals surface area contributed by atoms with Crippen molar-refractivity contribution in [2.24, 2.45) is 0 Å². The van der Waals surface area contributed by atoms with Crippen molar-refractivity contribution >= 4 is 0 Å². The zero-order valence-corrected chi connectivity index (χ0v) is 5.00. The predicted molar refractivity (Wildman–Crippen MR) is 29.1 cm³/mol. The zero-order valence-electron chi connectivity index (χ0n) is 5.00. The van der Waals surface area contributed by atoms with Crippen LogP contribution in [0, 0.1) is 0 Å². The lowest BCUT2D eigenvalue weighted by molar-refractivity contribution is -0.143. The fourth-order valence-electron chi connectivity index (χ4n) is 0.415. The monoisotopic (exact) mass is 139 g/mol. The SMILES string of the molecule is C=C[C@H](NC)C(F)(F)F. The molecular weight excluding hydrogens is 131 g/mol. The molecule has 0 radical (unpaired) electrons. The lowest BCUT2D eigenvalue weighted by Crippen LogP contribution is -2.37. The topological polar surface area (TPSA) is 12.0 Å². The fourth-order valence-corrected chi connectivity index (χ4v) is 0.415. The molecule has 1 N–H and O–H groups in total. The van der Waals surface area contributed by atoms with E-state index in [0.29, 0.717) is 0 Å². The van der Waals surface area contributed by atoms with Crippen LogP contribution in [0.2, 0.25) is 0 Å². The van der Waals surface area contributed by atoms with Crippen LogP contribution < -0.4 is 5.32 Å². The average molecular weight is 139 g/mol. The minimum atomic E-state index is -4.21. The quantitative estimate of drug-likeness (QED) is 0.569. The molecule has 0 bridgehead atoms. The number of nitrogens with one attached hydrogen (secondary N) is 1. The molecule has 0 aromatic rings. The van der Waals surface area contributed by atoms with Gasteiger partial charge in [0, 0.05) is 0 Å². The van der Waals surface area contributed by atoms with Gasteiger partial charge in [0.25, 0.3) is 0 Å². The average Bonchev–Trinajstić information content (AvgIpc) is 1.65. The molecule has 1 nitrogen and oxygen atoms in total. The smallest absolute Gasteiger partial charge is 0.306 e. The maximum atomic E-state index is 11.6. The molecule has 0 saturated heterocycles. The normalized spacial score (nSPS) is 15.1. The van der Waals surface area contributed by atoms with Crippen LogP contribution in [-0.4, -0.2) is 19.3 Å². The second kappa shape index (κ2) is 2.87. The van der Waals surface area contributed by atoms with Crippen molar-refractivity contribution in [2.75, 3.05) is 7.05 Å². The van der Waals surface area contributed by atoms with Gasteiger partial charge in [0.15, 0.2) is 0 Å². The van der Waals surface area contributed by atoms with Crippen LogP contribution in [0.5, 0.6) is 0 Å². The van der Waals surface area contributed by atoms with Gasteiger partial charge in [-0.15, -0.1) is 6.58 Å². The number of halogens is 3. The Hall–Kier alpha value is -0.510. The summed E-state index contributed by atoms with van der Waals surface area (Å²) >= 11 is 0. The van der Waals surface area contributed by atoms with Crippen molar-refractivity contribution in [1.82, 2.24) is 5.32 Å². The van der Waals surface area contributed by atoms with Gasteiger partial charge in [-0.2, -0.15) is 13.2 Å². The van der Waals surface area contributed by atoms with Gasteiger partial charge in [0.05, 0.1) is 0 Å². The summed E-state index contributed by atoms with van der Waals surface area (Å²) in [7, 11) is 1.24. The van der Waals surface area contributed by atoms with Crippen LogP contribution >= 0.6 is 0 Å². The first-order valence-corrected chi connectivity index (χ1v) is 2.39. The summed E-state index contributed by atoms with van der Waals surface area (Å²) in [4.78, 5) is 0. The zero-order chi connectivity index (χ0) is 7.49. The van der Waals surface area contributed by atoms with E-state index in [1.54, 1.807) is 0 Å². The Balaban J connectivity index is 3.94. The largest absolute Gasteiger partial charge is 0.407 e. The van der Waals surface area contributed by atoms with E-state index in [-0.39, 0.29) is 0 Å². The summed E-state index contributed by atoms with van der Waals surface area (Å²) < 4.78 is 34.8. The minimum Gasteiger partial charge on any atom is -0.306 e. The molecule has 0 spiro atoms. The van der Waals surface area contributed by atoms with Crippen molar-refractivity contribution in [3.8, 4) is 0 Å². The molecule has 0 amide bonds. The molecule has 1 atom stereocenters. The Morgan fingerprint density at radius 2 is 2.00 bits per heavy atom. The third-order valence-corrected chi connectivity index (χ3v) is 0.899. The van der Waals surface area contributed by atoms with E-state index in [9.17, 15) is 13.2 Å². The van der Waals surface area contributed by atoms with E-state index >= 15 is 0 Å². The first-order valence-electron chi connectivity index (χ1n) is 2.39. The van der Waals surface area contributed by atoms with Gasteiger partial charge >= 0.3 is 6.18 Å². The molecule has 0 aromatic heterocycles. The third-order valence-electron chi connectivity index (χ3n) is 0.899. The van der Waals surface area contributed by atoms with Gasteiger partial charge in [0.1, 0.15) is 6.04 Å². The van der Waals surface area contributed by atoms with E-state index in [4.69, 9.17) is 0 Å². The Morgan fingerprint density at radius 3 is 2.00 bits per heavy atom. The Kier molecular flexibility index (Phi) is 2.70. The van der Waals surface area contributed by atoms with Crippen LogP contribution in [0.4, 0.5) is 13.2 Å². The highest BCUT2D eigenvalue weighted by Crippen LogP contribution is 2.19. The highest BCUT2D eigenvalue weighted by molar-refractivity contribution is 4.89. The molecule has 0 saturated carbocycles. The standard InChI is InChI=1S/C5H8F3N/c1-3-4(9-2)5(6,7)8/h3-4,9H,1H2,2H3/t4-/m0/s1. The number of rotatable bonds is 2. The number of likely N-dealkylation sites (N-methyl/N-ethyl adjacent to an activating group) is 1. The van der Waals surface area contributed by atoms with Crippen molar-refractivity contribution in [3.05, 3.63) is 12.7 Å². The minimum absolute atomic E-state index is 0.819. The molecule has 0 rings (SSSR count). The highest BCUT2D eigenvalue weighted by Gasteiger charge is 2.35. The highest BCUT2D eigenvalue weighted by atomic mass is 19.4. The summed E-state index contributed by atoms with van der Waals surface area (Å²) in [5.74, 6) is 0. The van der Waals surface area contributed by atoms with Crippen LogP contribution in [0.15, 0.2) is 12.7 Å². The van der Waals surface area contributed by atoms with Gasteiger partial charge in [-0.25, -0.2) is 0 Å². The van der Waals surface area contributed by atoms with Crippen LogP contribution in [0.25, 0.3) is 0 Å². The van der Waals surface area contributed by atoms with Crippen molar-refractivity contribution in [1.29, 1.82) is 0 Å². The molecule has 0 aliphatic heterocycles. The number of hydrogen-bond acceptors (Lipinski definition) is 1. The van der Waals surface area contributed by atoms with Gasteiger partial charge in [0.2, 0.25) is 0 Å². The van der Waals surface area contributed by atoms with Gasteiger partial charge < -0.3 is 5.32 Å². The molecule has 0 aliphatic carbocycles. The van der Waals surface area contributed by atoms with Crippen molar-refractivity contribution in [3.63, 3.8) is 0 Å². The summed E-state index contributed by atoms with van der Waals surface area (Å²) in [5, 5.41) is 2.05. The van der Waals surface area contributed by atoms with E-state index in [1.165, 1.54) is 7.05 Å². The third kappa shape index (κ3) is 2.51. The van der Waals surface area contributed by atoms with Crippen molar-refractivity contribution in [2.45, 2.75) is 12.2 Å². The number of alkyl halides is 3. The summed E-state index contributed by atoms with van der Waals surface area (Å²) in [6.07, 6.45) is -3.39. The first-order chi connectivity index (χ1) is 4.02. The molecule has 54 valence electrons. The maximum Gasteiger partial charge on any atom is 0.407 e. The Morgan fingerprint density at radius 1 is 1.56 bits per heavy atom. The van der Waals surface area contributed by atoms with E-state index in [1.807, 2.05) is 5.32 Å². The summed E-state index contributed by atoms with van der Waals surface area (Å²) in [6, 6.07) is -1.59. The lowest BCUT2D eigenvalue weighted by Gasteiger charge is -2.14. The lowest BCUT2D eigenvalue weighted by atomic mass is 10.3. The maximum absolute atomic E-state index is 11.6. The molecule has 0 aromatic carbocycles. The first kappa shape index (κ1) is 8.49. The van der Waals surface area contributed by atoms with E-state index in [0.717, 1.165) is 6.08 Å². The van der Waals surface area contributed by atoms with E-state index in [2.05, 4.69) is 6.58 Å². The van der Waals surface area contributed by atoms with E-state index < -0.39 is 12.2 Å². The van der Waals surface area contributed by atoms with Crippen molar-refractivity contribution < 1.29 is 13.2 Å². The number of hydrogen-bond donors (Lipinski definition) is 1. The predicted octanol–water partition coefficient (Wildman–Crippen LogP) is 1.32. The Labute approximate surface area is 51.6 Å². The van der Waals surface area contributed by atoms with Gasteiger partial charge in [-0.3, -0.25) is 0 Å². The van der Waals surface area contributed by atoms with Gasteiger partial charge in [-0.1, -0.05) is 6.08 Å². The van der Waals surface area contributed by atoms with Crippen LogP contribution in [0.3, 0.4) is 0 Å². The van der Waals surface area contributed by atoms with Crippen LogP contribution in [0.1, 0.15) is 0 Å². The molecule has 0 heterocycles. The molecule has 0 fully saturated rings. The second-order valence-electron chi connectivity index (χ2n) is 1.54. The molecule has 4 heteroatoms. The fraction of sp³-hybridized carbons (Fsp3) is 0.600. The van der Waals surface area contributed by atoms with Crippen LogP contribution in [-0.2, 0) is 0 Å². The van der Waals surface area contributed by atoms with Gasteiger partial charge in [-0.05, 0) is 7.05 Å². The Bertz CT molecular complexity index is 96.9.